The third-order valence-corrected chi connectivity index (χ3v) is 7.23. The minimum atomic E-state index is -1.44. The number of hydrogen-bond donors (Lipinski definition) is 5. The van der Waals surface area contributed by atoms with Crippen LogP contribution in [-0.4, -0.2) is 90.3 Å². The Bertz CT molecular complexity index is 1060. The van der Waals surface area contributed by atoms with Gasteiger partial charge in [-0.3, -0.25) is 0 Å². The van der Waals surface area contributed by atoms with Crippen LogP contribution >= 0.6 is 0 Å². The number of phenols is 2. The number of benzene rings is 2. The lowest BCUT2D eigenvalue weighted by Crippen LogP contribution is -2.57. The van der Waals surface area contributed by atoms with Gasteiger partial charge >= 0.3 is 0 Å². The first-order chi connectivity index (χ1) is 17.2. The van der Waals surface area contributed by atoms with Crippen molar-refractivity contribution in [3.63, 3.8) is 0 Å². The Hall–Kier alpha value is -2.60. The molecule has 1 aliphatic carbocycles. The maximum absolute atomic E-state index is 10.6. The first-order valence-electron chi connectivity index (χ1n) is 11.8. The van der Waals surface area contributed by atoms with Crippen LogP contribution in [0.3, 0.4) is 0 Å². The fourth-order valence-electron chi connectivity index (χ4n) is 5.20. The molecule has 10 heteroatoms. The van der Waals surface area contributed by atoms with Gasteiger partial charge in [-0.05, 0) is 54.3 Å². The van der Waals surface area contributed by atoms with Gasteiger partial charge in [0.05, 0.1) is 33.0 Å². The van der Waals surface area contributed by atoms with E-state index in [-0.39, 0.29) is 36.0 Å². The van der Waals surface area contributed by atoms with Gasteiger partial charge in [-0.1, -0.05) is 6.07 Å². The molecule has 2 aliphatic rings. The number of phenolic OH excluding ortho intramolecular Hbond substituents is 2. The van der Waals surface area contributed by atoms with Crippen LogP contribution in [-0.2, 0) is 20.6 Å². The third-order valence-electron chi connectivity index (χ3n) is 7.23. The largest absolute Gasteiger partial charge is 0.504 e. The van der Waals surface area contributed by atoms with E-state index in [1.165, 1.54) is 14.2 Å². The van der Waals surface area contributed by atoms with E-state index in [1.807, 2.05) is 0 Å². The van der Waals surface area contributed by atoms with Crippen molar-refractivity contribution >= 4 is 0 Å². The van der Waals surface area contributed by atoms with Crippen LogP contribution in [0.2, 0.25) is 0 Å². The van der Waals surface area contributed by atoms with Gasteiger partial charge in [0.25, 0.3) is 0 Å². The van der Waals surface area contributed by atoms with Crippen molar-refractivity contribution in [2.75, 3.05) is 27.9 Å². The monoisotopic (exact) mass is 506 g/mol. The highest BCUT2D eigenvalue weighted by molar-refractivity contribution is 5.53. The average molecular weight is 507 g/mol. The van der Waals surface area contributed by atoms with Crippen LogP contribution in [0.25, 0.3) is 0 Å². The van der Waals surface area contributed by atoms with Crippen molar-refractivity contribution in [3.05, 3.63) is 47.0 Å². The van der Waals surface area contributed by atoms with E-state index in [1.54, 1.807) is 44.4 Å². The molecule has 198 valence electrons. The standard InChI is InChI=1S/C26H34O10/c1-12-23(29)24(30)25(31)26(36-12)35-11-16-19(32-2)8-14-9-21(34-4)18(28)10-15(14)22(16)13-5-6-17(27)20(7-13)33-3/h5-7,9-10,12,16,19,22-31H,8,11H2,1-4H3. The molecular formula is C26H34O10. The van der Waals surface area contributed by atoms with Gasteiger partial charge in [0.15, 0.2) is 29.3 Å². The van der Waals surface area contributed by atoms with E-state index in [2.05, 4.69) is 0 Å². The van der Waals surface area contributed by atoms with Crippen LogP contribution in [0.15, 0.2) is 30.3 Å². The van der Waals surface area contributed by atoms with Gasteiger partial charge < -0.3 is 49.2 Å². The van der Waals surface area contributed by atoms with E-state index in [0.717, 1.165) is 16.7 Å². The molecule has 10 nitrogen and oxygen atoms in total. The number of rotatable bonds is 7. The van der Waals surface area contributed by atoms with E-state index in [9.17, 15) is 25.5 Å². The van der Waals surface area contributed by atoms with Gasteiger partial charge in [-0.15, -0.1) is 0 Å². The molecule has 2 aromatic rings. The van der Waals surface area contributed by atoms with E-state index in [4.69, 9.17) is 23.7 Å². The van der Waals surface area contributed by atoms with Gasteiger partial charge in [-0.25, -0.2) is 0 Å². The zero-order valence-corrected chi connectivity index (χ0v) is 20.7. The number of fused-ring (bicyclic) bond motifs is 1. The minimum absolute atomic E-state index is 0.00814. The molecule has 0 saturated carbocycles. The maximum Gasteiger partial charge on any atom is 0.186 e. The Morgan fingerprint density at radius 2 is 1.58 bits per heavy atom. The highest BCUT2D eigenvalue weighted by atomic mass is 16.7. The van der Waals surface area contributed by atoms with E-state index >= 15 is 0 Å². The number of aliphatic hydroxyl groups excluding tert-OH is 3. The Morgan fingerprint density at radius 3 is 2.25 bits per heavy atom. The zero-order chi connectivity index (χ0) is 26.1. The van der Waals surface area contributed by atoms with Crippen LogP contribution in [0, 0.1) is 5.92 Å². The van der Waals surface area contributed by atoms with E-state index < -0.39 is 30.7 Å². The van der Waals surface area contributed by atoms with E-state index in [0.29, 0.717) is 17.9 Å². The molecule has 1 heterocycles. The normalized spacial score (nSPS) is 32.1. The predicted molar refractivity (Wildman–Crippen MR) is 127 cm³/mol. The van der Waals surface area contributed by atoms with Crippen molar-refractivity contribution in [2.45, 2.75) is 56.1 Å². The summed E-state index contributed by atoms with van der Waals surface area (Å²) in [5.41, 5.74) is 2.54. The number of hydrogen-bond acceptors (Lipinski definition) is 10. The zero-order valence-electron chi connectivity index (χ0n) is 20.7. The molecule has 0 radical (unpaired) electrons. The second-order valence-corrected chi connectivity index (χ2v) is 9.29. The minimum Gasteiger partial charge on any atom is -0.504 e. The molecule has 0 bridgehead atoms. The third kappa shape index (κ3) is 4.84. The Labute approximate surface area is 209 Å². The molecule has 0 amide bonds. The number of aliphatic hydroxyl groups is 3. The molecule has 8 unspecified atom stereocenters. The first-order valence-corrected chi connectivity index (χ1v) is 11.8. The Balaban J connectivity index is 1.73. The summed E-state index contributed by atoms with van der Waals surface area (Å²) in [6, 6.07) is 8.48. The Kier molecular flexibility index (Phi) is 7.93. The average Bonchev–Trinajstić information content (AvgIpc) is 2.88. The van der Waals surface area contributed by atoms with Crippen LogP contribution in [0.5, 0.6) is 23.0 Å². The summed E-state index contributed by atoms with van der Waals surface area (Å²) < 4.78 is 28.1. The molecule has 5 N–H and O–H groups in total. The maximum atomic E-state index is 10.6. The predicted octanol–water partition coefficient (Wildman–Crippen LogP) is 1.28. The van der Waals surface area contributed by atoms with Crippen molar-refractivity contribution in [2.24, 2.45) is 5.92 Å². The second kappa shape index (κ2) is 10.8. The molecule has 2 aromatic carbocycles. The fraction of sp³-hybridized carbons (Fsp3) is 0.538. The summed E-state index contributed by atoms with van der Waals surface area (Å²) in [6.45, 7) is 1.66. The van der Waals surface area contributed by atoms with Crippen molar-refractivity contribution in [3.8, 4) is 23.0 Å². The summed E-state index contributed by atoms with van der Waals surface area (Å²) >= 11 is 0. The van der Waals surface area contributed by atoms with Crippen molar-refractivity contribution in [1.29, 1.82) is 0 Å². The molecule has 4 rings (SSSR count). The molecule has 36 heavy (non-hydrogen) atoms. The molecule has 0 spiro atoms. The molecule has 1 fully saturated rings. The van der Waals surface area contributed by atoms with Gasteiger partial charge in [0, 0.05) is 18.9 Å². The van der Waals surface area contributed by atoms with Crippen LogP contribution < -0.4 is 9.47 Å². The van der Waals surface area contributed by atoms with Crippen molar-refractivity contribution in [1.82, 2.24) is 0 Å². The second-order valence-electron chi connectivity index (χ2n) is 9.29. The number of ether oxygens (including phenoxy) is 5. The highest BCUT2D eigenvalue weighted by Gasteiger charge is 2.44. The Morgan fingerprint density at radius 1 is 0.889 bits per heavy atom. The fourth-order valence-corrected chi connectivity index (χ4v) is 5.20. The van der Waals surface area contributed by atoms with Gasteiger partial charge in [-0.2, -0.15) is 0 Å². The number of methoxy groups -OCH3 is 3. The quantitative estimate of drug-likeness (QED) is 0.372. The molecule has 1 aliphatic heterocycles. The summed E-state index contributed by atoms with van der Waals surface area (Å²) in [7, 11) is 4.55. The van der Waals surface area contributed by atoms with Gasteiger partial charge in [0.1, 0.15) is 18.3 Å². The van der Waals surface area contributed by atoms with Crippen molar-refractivity contribution < 1.29 is 49.2 Å². The molecular weight excluding hydrogens is 472 g/mol. The highest BCUT2D eigenvalue weighted by Crippen LogP contribution is 2.47. The SMILES string of the molecule is COc1cc(C2c3cc(O)c(OC)cc3CC(OC)C2COC2OC(C)C(O)C(O)C2O)ccc1O. The lowest BCUT2D eigenvalue weighted by atomic mass is 9.70. The smallest absolute Gasteiger partial charge is 0.186 e. The first kappa shape index (κ1) is 26.5. The lowest BCUT2D eigenvalue weighted by molar-refractivity contribution is -0.297. The topological polar surface area (TPSA) is 147 Å². The van der Waals surface area contributed by atoms with Crippen LogP contribution in [0.4, 0.5) is 0 Å². The summed E-state index contributed by atoms with van der Waals surface area (Å²) in [5, 5.41) is 51.3. The summed E-state index contributed by atoms with van der Waals surface area (Å²) in [4.78, 5) is 0. The molecule has 1 saturated heterocycles. The molecule has 0 aromatic heterocycles. The molecule has 8 atom stereocenters. The summed E-state index contributed by atoms with van der Waals surface area (Å²) in [6.07, 6.45) is -5.79. The van der Waals surface area contributed by atoms with Gasteiger partial charge in [0.2, 0.25) is 0 Å². The summed E-state index contributed by atoms with van der Waals surface area (Å²) in [5.74, 6) is -0.0624. The number of aromatic hydroxyl groups is 2. The lowest BCUT2D eigenvalue weighted by Gasteiger charge is -2.42. The van der Waals surface area contributed by atoms with Crippen LogP contribution in [0.1, 0.15) is 29.5 Å².